The number of amides is 1. The molecule has 2 N–H and O–H groups in total. The van der Waals surface area contributed by atoms with Gasteiger partial charge in [0.2, 0.25) is 0 Å². The van der Waals surface area contributed by atoms with Crippen molar-refractivity contribution < 1.29 is 31.3 Å². The van der Waals surface area contributed by atoms with Crippen LogP contribution in [0.2, 0.25) is 5.02 Å². The fraction of sp³-hybridized carbons (Fsp3) is 0.320. The van der Waals surface area contributed by atoms with Crippen molar-refractivity contribution >= 4 is 55.7 Å². The Bertz CT molecular complexity index is 1480. The van der Waals surface area contributed by atoms with Crippen molar-refractivity contribution in [1.29, 1.82) is 0 Å². The highest BCUT2D eigenvalue weighted by atomic mass is 35.5. The highest BCUT2D eigenvalue weighted by Gasteiger charge is 2.19. The van der Waals surface area contributed by atoms with Gasteiger partial charge in [0.15, 0.2) is 5.76 Å². The van der Waals surface area contributed by atoms with E-state index in [1.807, 2.05) is 0 Å². The maximum atomic E-state index is 13.6. The highest BCUT2D eigenvalue weighted by molar-refractivity contribution is 7.86. The van der Waals surface area contributed by atoms with Crippen LogP contribution in [0.15, 0.2) is 49.0 Å². The van der Waals surface area contributed by atoms with Crippen molar-refractivity contribution in [2.75, 3.05) is 56.3 Å². The summed E-state index contributed by atoms with van der Waals surface area (Å²) in [5.41, 5.74) is 1.19. The summed E-state index contributed by atoms with van der Waals surface area (Å²) in [6, 6.07) is 7.33. The molecule has 3 aromatic rings. The average Bonchev–Trinajstić information content (AvgIpc) is 2.89. The van der Waals surface area contributed by atoms with Crippen LogP contribution in [0, 0.1) is 5.82 Å². The van der Waals surface area contributed by atoms with E-state index in [2.05, 4.69) is 36.3 Å². The maximum absolute atomic E-state index is 13.6. The highest BCUT2D eigenvalue weighted by Crippen LogP contribution is 2.34. The van der Waals surface area contributed by atoms with Crippen LogP contribution in [0.1, 0.15) is 6.42 Å². The van der Waals surface area contributed by atoms with Gasteiger partial charge in [0, 0.05) is 36.8 Å². The third-order valence-corrected chi connectivity index (χ3v) is 6.45. The largest absolute Gasteiger partial charge is 0.491 e. The summed E-state index contributed by atoms with van der Waals surface area (Å²) in [5.74, 6) is -1.40. The number of rotatable bonds is 11. The zero-order valence-corrected chi connectivity index (χ0v) is 22.6. The Kier molecular flexibility index (Phi) is 9.17. The molecule has 1 aliphatic heterocycles. The average molecular weight is 580 g/mol. The molecular formula is C25H27ClFN5O6S. The molecule has 1 amide bonds. The van der Waals surface area contributed by atoms with E-state index in [0.29, 0.717) is 48.0 Å². The van der Waals surface area contributed by atoms with E-state index in [1.165, 1.54) is 24.5 Å². The fourth-order valence-corrected chi connectivity index (χ4v) is 4.44. The Morgan fingerprint density at radius 3 is 2.72 bits per heavy atom. The minimum atomic E-state index is -3.95. The molecule has 1 aromatic heterocycles. The molecule has 1 saturated heterocycles. The second-order valence-electron chi connectivity index (χ2n) is 8.66. The number of fused-ring (bicyclic) bond motifs is 1. The summed E-state index contributed by atoms with van der Waals surface area (Å²) in [6.45, 7) is 7.65. The van der Waals surface area contributed by atoms with E-state index in [1.54, 1.807) is 12.1 Å². The zero-order valence-electron chi connectivity index (χ0n) is 21.1. The number of ether oxygens (including phenoxy) is 2. The second-order valence-corrected chi connectivity index (χ2v) is 10.6. The Morgan fingerprint density at radius 2 is 2.00 bits per heavy atom. The molecule has 39 heavy (non-hydrogen) atoms. The number of benzene rings is 2. The summed E-state index contributed by atoms with van der Waals surface area (Å²) < 4.78 is 52.5. The van der Waals surface area contributed by atoms with Gasteiger partial charge in [0.1, 0.15) is 23.7 Å². The lowest BCUT2D eigenvalue weighted by atomic mass is 10.1. The number of nitrogens with zero attached hydrogens (tertiary/aromatic N) is 3. The second kappa shape index (κ2) is 12.6. The molecule has 1 fully saturated rings. The maximum Gasteiger partial charge on any atom is 0.306 e. The first-order chi connectivity index (χ1) is 18.6. The van der Waals surface area contributed by atoms with Crippen LogP contribution in [-0.4, -0.2) is 74.9 Å². The van der Waals surface area contributed by atoms with Crippen molar-refractivity contribution in [3.63, 3.8) is 0 Å². The fourth-order valence-electron chi connectivity index (χ4n) is 3.82. The number of carbonyl (C=O) groups excluding carboxylic acids is 1. The Balaban J connectivity index is 1.60. The lowest BCUT2D eigenvalue weighted by Crippen LogP contribution is -2.37. The van der Waals surface area contributed by atoms with Gasteiger partial charge in [-0.15, -0.1) is 0 Å². The Morgan fingerprint density at radius 1 is 1.23 bits per heavy atom. The van der Waals surface area contributed by atoms with Crippen molar-refractivity contribution in [1.82, 2.24) is 14.9 Å². The smallest absolute Gasteiger partial charge is 0.306 e. The van der Waals surface area contributed by atoms with Gasteiger partial charge < -0.3 is 24.3 Å². The van der Waals surface area contributed by atoms with E-state index in [0.717, 1.165) is 32.3 Å². The van der Waals surface area contributed by atoms with Crippen LogP contribution in [-0.2, 0) is 23.8 Å². The van der Waals surface area contributed by atoms with Crippen LogP contribution in [0.25, 0.3) is 10.9 Å². The molecule has 0 unspecified atom stereocenters. The number of anilines is 3. The van der Waals surface area contributed by atoms with Crippen LogP contribution < -0.4 is 15.4 Å². The van der Waals surface area contributed by atoms with E-state index in [4.69, 9.17) is 21.1 Å². The topological polar surface area (TPSA) is 132 Å². The number of hydrogen-bond acceptors (Lipinski definition) is 10. The molecule has 0 radical (unpaired) electrons. The summed E-state index contributed by atoms with van der Waals surface area (Å²) in [6.07, 6.45) is 2.87. The van der Waals surface area contributed by atoms with Gasteiger partial charge in [-0.25, -0.2) is 14.4 Å². The molecule has 2 heterocycles. The molecule has 0 aliphatic carbocycles. The monoisotopic (exact) mass is 579 g/mol. The number of hydrogen-bond donors (Lipinski definition) is 2. The standard InChI is InChI=1S/C25H27ClFN5O6S/c1-16(38-39(2,34)35)25(33)31-22-13-18-21(14-23(22)37-9-3-6-32-7-10-36-11-8-32)28-15-29-24(18)30-17-4-5-20(27)19(26)12-17/h4-5,12-15H,1,3,6-11H2,2H3,(H,31,33)(H,28,29,30). The van der Waals surface area contributed by atoms with E-state index in [-0.39, 0.29) is 10.7 Å². The normalized spacial score (nSPS) is 14.1. The molecular weight excluding hydrogens is 553 g/mol. The first kappa shape index (κ1) is 28.5. The minimum absolute atomic E-state index is 0.0662. The number of nitrogens with one attached hydrogen (secondary N) is 2. The molecule has 208 valence electrons. The minimum Gasteiger partial charge on any atom is -0.491 e. The van der Waals surface area contributed by atoms with E-state index >= 15 is 0 Å². The van der Waals surface area contributed by atoms with Crippen molar-refractivity contribution in [2.24, 2.45) is 0 Å². The molecule has 2 aromatic carbocycles. The van der Waals surface area contributed by atoms with Crippen LogP contribution >= 0.6 is 11.6 Å². The first-order valence-corrected chi connectivity index (χ1v) is 14.1. The van der Waals surface area contributed by atoms with Gasteiger partial charge >= 0.3 is 10.1 Å². The molecule has 1 aliphatic rings. The van der Waals surface area contributed by atoms with Gasteiger partial charge in [-0.2, -0.15) is 8.42 Å². The first-order valence-electron chi connectivity index (χ1n) is 11.9. The lowest BCUT2D eigenvalue weighted by molar-refractivity contribution is -0.114. The van der Waals surface area contributed by atoms with Crippen molar-refractivity contribution in [3.8, 4) is 5.75 Å². The quantitative estimate of drug-likeness (QED) is 0.150. The van der Waals surface area contributed by atoms with Gasteiger partial charge in [-0.3, -0.25) is 9.69 Å². The third kappa shape index (κ3) is 7.99. The molecule has 4 rings (SSSR count). The molecule has 0 atom stereocenters. The van der Waals surface area contributed by atoms with Gasteiger partial charge in [-0.05, 0) is 37.3 Å². The van der Waals surface area contributed by atoms with Crippen LogP contribution in [0.4, 0.5) is 21.6 Å². The van der Waals surface area contributed by atoms with Gasteiger partial charge in [0.25, 0.3) is 5.91 Å². The predicted octanol–water partition coefficient (Wildman–Crippen LogP) is 3.70. The van der Waals surface area contributed by atoms with Crippen molar-refractivity contribution in [3.05, 3.63) is 59.8 Å². The summed E-state index contributed by atoms with van der Waals surface area (Å²) >= 11 is 5.90. The Labute approximate surface area is 230 Å². The van der Waals surface area contributed by atoms with Crippen LogP contribution in [0.5, 0.6) is 5.75 Å². The summed E-state index contributed by atoms with van der Waals surface area (Å²) in [4.78, 5) is 23.5. The summed E-state index contributed by atoms with van der Waals surface area (Å²) in [7, 11) is -3.95. The zero-order chi connectivity index (χ0) is 28.0. The molecule has 11 nitrogen and oxygen atoms in total. The molecule has 0 saturated carbocycles. The predicted molar refractivity (Wildman–Crippen MR) is 145 cm³/mol. The van der Waals surface area contributed by atoms with E-state index < -0.39 is 27.6 Å². The molecule has 14 heteroatoms. The third-order valence-electron chi connectivity index (χ3n) is 5.65. The van der Waals surface area contributed by atoms with Gasteiger partial charge in [-0.1, -0.05) is 11.6 Å². The van der Waals surface area contributed by atoms with Crippen molar-refractivity contribution in [2.45, 2.75) is 6.42 Å². The molecule has 0 spiro atoms. The number of carbonyl (C=O) groups is 1. The number of halogens is 2. The molecule has 0 bridgehead atoms. The summed E-state index contributed by atoms with van der Waals surface area (Å²) in [5, 5.41) is 6.08. The SMILES string of the molecule is C=C(OS(C)(=O)=O)C(=O)Nc1cc2c(Nc3ccc(F)c(Cl)c3)ncnc2cc1OCCCN1CCOCC1. The lowest BCUT2D eigenvalue weighted by Gasteiger charge is -2.26. The number of aromatic nitrogens is 2. The van der Waals surface area contributed by atoms with E-state index in [9.17, 15) is 17.6 Å². The Hall–Kier alpha value is -3.52. The van der Waals surface area contributed by atoms with Gasteiger partial charge in [0.05, 0.1) is 42.3 Å². The van der Waals surface area contributed by atoms with Crippen LogP contribution in [0.3, 0.4) is 0 Å². The number of morpholine rings is 1.